The summed E-state index contributed by atoms with van der Waals surface area (Å²) in [6.45, 7) is 9.35. The van der Waals surface area contributed by atoms with E-state index >= 15 is 0 Å². The van der Waals surface area contributed by atoms with E-state index < -0.39 is 34.8 Å². The van der Waals surface area contributed by atoms with Gasteiger partial charge in [0.25, 0.3) is 0 Å². The van der Waals surface area contributed by atoms with Gasteiger partial charge in [-0.3, -0.25) is 19.3 Å². The summed E-state index contributed by atoms with van der Waals surface area (Å²) in [7, 11) is 0. The van der Waals surface area contributed by atoms with Gasteiger partial charge in [0.15, 0.2) is 17.2 Å². The molecule has 1 aliphatic heterocycles. The second-order valence-corrected chi connectivity index (χ2v) is 10.9. The predicted molar refractivity (Wildman–Crippen MR) is 134 cm³/mol. The van der Waals surface area contributed by atoms with Crippen LogP contribution in [0.3, 0.4) is 0 Å². The number of nitrogens with zero attached hydrogens (tertiary/aromatic N) is 1. The first kappa shape index (κ1) is 24.7. The number of hydrogen-bond donors (Lipinski definition) is 3. The van der Waals surface area contributed by atoms with Crippen LogP contribution in [0.1, 0.15) is 72.2 Å². The highest BCUT2D eigenvalue weighted by Crippen LogP contribution is 2.52. The molecule has 3 aliphatic carbocycles. The largest absolute Gasteiger partial charge is 0.508 e. The highest BCUT2D eigenvalue weighted by atomic mass is 16.3. The van der Waals surface area contributed by atoms with Crippen molar-refractivity contribution in [2.24, 2.45) is 11.8 Å². The Labute approximate surface area is 210 Å². The molecule has 5 rings (SSSR count). The van der Waals surface area contributed by atoms with Crippen molar-refractivity contribution in [2.45, 2.75) is 58.0 Å². The van der Waals surface area contributed by atoms with E-state index in [-0.39, 0.29) is 35.6 Å². The fourth-order valence-electron chi connectivity index (χ4n) is 6.79. The number of piperidine rings is 1. The van der Waals surface area contributed by atoms with E-state index in [1.54, 1.807) is 13.0 Å². The van der Waals surface area contributed by atoms with Gasteiger partial charge in [-0.2, -0.15) is 0 Å². The van der Waals surface area contributed by atoms with Gasteiger partial charge in [0, 0.05) is 22.6 Å². The monoisotopic (exact) mass is 491 g/mol. The van der Waals surface area contributed by atoms with E-state index in [1.807, 2.05) is 6.92 Å². The molecule has 0 bridgehead atoms. The summed E-state index contributed by atoms with van der Waals surface area (Å²) in [6.07, 6.45) is 4.24. The van der Waals surface area contributed by atoms with E-state index in [1.165, 1.54) is 6.07 Å². The Morgan fingerprint density at radius 3 is 2.50 bits per heavy atom. The maximum atomic E-state index is 13.7. The summed E-state index contributed by atoms with van der Waals surface area (Å²) in [6, 6.07) is 2.92. The molecule has 0 saturated carbocycles. The average molecular weight is 492 g/mol. The van der Waals surface area contributed by atoms with Crippen molar-refractivity contribution < 1.29 is 29.7 Å². The van der Waals surface area contributed by atoms with Gasteiger partial charge in [-0.05, 0) is 88.2 Å². The molecule has 0 spiro atoms. The van der Waals surface area contributed by atoms with Gasteiger partial charge in [0.1, 0.15) is 11.5 Å². The van der Waals surface area contributed by atoms with Crippen molar-refractivity contribution in [2.75, 3.05) is 19.6 Å². The maximum absolute atomic E-state index is 13.7. The maximum Gasteiger partial charge on any atom is 0.202 e. The molecule has 1 fully saturated rings. The van der Waals surface area contributed by atoms with Crippen LogP contribution in [-0.2, 0) is 11.2 Å². The zero-order valence-corrected chi connectivity index (χ0v) is 20.9. The number of hydrogen-bond acceptors (Lipinski definition) is 7. The number of aliphatic hydroxyl groups is 2. The molecule has 0 radical (unpaired) electrons. The number of benzene rings is 1. The van der Waals surface area contributed by atoms with Crippen LogP contribution in [0.2, 0.25) is 0 Å². The lowest BCUT2D eigenvalue weighted by Gasteiger charge is -2.46. The van der Waals surface area contributed by atoms with Crippen LogP contribution in [0, 0.1) is 11.8 Å². The minimum Gasteiger partial charge on any atom is -0.508 e. The molecule has 190 valence electrons. The van der Waals surface area contributed by atoms with E-state index in [4.69, 9.17) is 0 Å². The number of carbonyl (C=O) groups excluding carboxylic acids is 3. The van der Waals surface area contributed by atoms with Crippen molar-refractivity contribution in [3.05, 3.63) is 63.5 Å². The Morgan fingerprint density at radius 2 is 1.83 bits per heavy atom. The number of fused-ring (bicyclic) bond motifs is 3. The molecule has 3 atom stereocenters. The Morgan fingerprint density at radius 1 is 1.14 bits per heavy atom. The highest BCUT2D eigenvalue weighted by molar-refractivity contribution is 6.17. The van der Waals surface area contributed by atoms with Crippen molar-refractivity contribution in [1.29, 1.82) is 0 Å². The third-order valence-corrected chi connectivity index (χ3v) is 8.49. The number of carbonyl (C=O) groups is 3. The van der Waals surface area contributed by atoms with E-state index in [2.05, 4.69) is 11.5 Å². The SMILES string of the molecule is C=C(C)C1=C(C)C[C@H]2C[C@H]3Cc4c(C(=O)CN5CCCCC5)ccc(O)c4C(=O)C3=C(O)[C@@]2(O)C1=O. The van der Waals surface area contributed by atoms with E-state index in [0.29, 0.717) is 35.1 Å². The van der Waals surface area contributed by atoms with Gasteiger partial charge >= 0.3 is 0 Å². The zero-order chi connectivity index (χ0) is 25.9. The first-order chi connectivity index (χ1) is 17.1. The van der Waals surface area contributed by atoms with Gasteiger partial charge < -0.3 is 15.3 Å². The van der Waals surface area contributed by atoms with Gasteiger partial charge in [-0.15, -0.1) is 0 Å². The van der Waals surface area contributed by atoms with Crippen LogP contribution in [-0.4, -0.2) is 62.8 Å². The average Bonchev–Trinajstić information content (AvgIpc) is 2.82. The number of Topliss-reactive ketones (excluding diaryl/α,β-unsaturated/α-hetero) is 3. The molecule has 7 nitrogen and oxygen atoms in total. The summed E-state index contributed by atoms with van der Waals surface area (Å²) in [5, 5.41) is 33.5. The minimum absolute atomic E-state index is 0.0190. The van der Waals surface area contributed by atoms with Gasteiger partial charge in [-0.1, -0.05) is 18.6 Å². The lowest BCUT2D eigenvalue weighted by Crippen LogP contribution is -2.56. The molecule has 4 aliphatic rings. The van der Waals surface area contributed by atoms with Crippen LogP contribution in [0.5, 0.6) is 5.75 Å². The topological polar surface area (TPSA) is 115 Å². The van der Waals surface area contributed by atoms with Crippen LogP contribution in [0.25, 0.3) is 0 Å². The number of aromatic hydroxyl groups is 1. The zero-order valence-electron chi connectivity index (χ0n) is 20.9. The normalized spacial score (nSPS) is 28.5. The van der Waals surface area contributed by atoms with Crippen molar-refractivity contribution >= 4 is 17.3 Å². The second kappa shape index (κ2) is 8.82. The molecule has 1 aromatic carbocycles. The summed E-state index contributed by atoms with van der Waals surface area (Å²) >= 11 is 0. The Bertz CT molecular complexity index is 1260. The van der Waals surface area contributed by atoms with Crippen molar-refractivity contribution in [3.8, 4) is 5.75 Å². The minimum atomic E-state index is -2.20. The Balaban J connectivity index is 1.57. The number of rotatable bonds is 4. The lowest BCUT2D eigenvalue weighted by atomic mass is 9.59. The fourth-order valence-corrected chi connectivity index (χ4v) is 6.79. The molecule has 1 saturated heterocycles. The summed E-state index contributed by atoms with van der Waals surface area (Å²) in [5.41, 5.74) is 0.254. The lowest BCUT2D eigenvalue weighted by molar-refractivity contribution is -0.141. The van der Waals surface area contributed by atoms with Crippen molar-refractivity contribution in [3.63, 3.8) is 0 Å². The molecule has 1 heterocycles. The number of aliphatic hydroxyl groups excluding tert-OH is 1. The molecule has 0 aromatic heterocycles. The fraction of sp³-hybridized carbons (Fsp3) is 0.483. The predicted octanol–water partition coefficient (Wildman–Crippen LogP) is 3.84. The van der Waals surface area contributed by atoms with Crippen LogP contribution in [0.15, 0.2) is 46.8 Å². The summed E-state index contributed by atoms with van der Waals surface area (Å²) in [4.78, 5) is 42.5. The first-order valence-corrected chi connectivity index (χ1v) is 12.8. The molecule has 7 heteroatoms. The quantitative estimate of drug-likeness (QED) is 0.548. The smallest absolute Gasteiger partial charge is 0.202 e. The number of allylic oxidation sites excluding steroid dienone is 3. The summed E-state index contributed by atoms with van der Waals surface area (Å²) < 4.78 is 0. The number of phenols is 1. The number of phenolic OH excluding ortho intramolecular Hbond substituents is 1. The third kappa shape index (κ3) is 3.59. The standard InChI is InChI=1S/C29H33NO6/c1-15(2)23-16(3)11-18-12-17-13-20-19(22(32)14-30-9-5-4-6-10-30)7-8-21(31)25(20)26(33)24(17)28(35)29(18,36)27(23)34/h7-8,17-18,31,35-36H,1,4-6,9-14H2,2-3H3/t17-,18-,29-/m0/s1. The third-order valence-electron chi connectivity index (χ3n) is 8.49. The number of likely N-dealkylation sites (tertiary alicyclic amines) is 1. The molecule has 0 unspecified atom stereocenters. The van der Waals surface area contributed by atoms with E-state index in [9.17, 15) is 29.7 Å². The first-order valence-electron chi connectivity index (χ1n) is 12.8. The molecule has 0 amide bonds. The van der Waals surface area contributed by atoms with Crippen LogP contribution >= 0.6 is 0 Å². The Kier molecular flexibility index (Phi) is 6.04. The Hall–Kier alpha value is -3.03. The van der Waals surface area contributed by atoms with Gasteiger partial charge in [-0.25, -0.2) is 0 Å². The highest BCUT2D eigenvalue weighted by Gasteiger charge is 2.58. The second-order valence-electron chi connectivity index (χ2n) is 10.9. The van der Waals surface area contributed by atoms with E-state index in [0.717, 1.165) is 37.9 Å². The molecule has 1 aromatic rings. The molecular formula is C29H33NO6. The summed E-state index contributed by atoms with van der Waals surface area (Å²) in [5.74, 6) is -3.33. The van der Waals surface area contributed by atoms with Crippen LogP contribution in [0.4, 0.5) is 0 Å². The van der Waals surface area contributed by atoms with Crippen LogP contribution < -0.4 is 0 Å². The van der Waals surface area contributed by atoms with Crippen molar-refractivity contribution in [1.82, 2.24) is 4.90 Å². The molecular weight excluding hydrogens is 458 g/mol. The van der Waals surface area contributed by atoms with Gasteiger partial charge in [0.05, 0.1) is 12.1 Å². The number of ketones is 3. The molecule has 36 heavy (non-hydrogen) atoms. The molecule has 3 N–H and O–H groups in total. The van der Waals surface area contributed by atoms with Gasteiger partial charge in [0.2, 0.25) is 5.78 Å².